The van der Waals surface area contributed by atoms with Crippen LogP contribution < -0.4 is 5.32 Å². The number of likely N-dealkylation sites (tertiary alicyclic amines) is 1. The van der Waals surface area contributed by atoms with Gasteiger partial charge in [-0.2, -0.15) is 5.10 Å². The fourth-order valence-corrected chi connectivity index (χ4v) is 2.76. The molecule has 1 aliphatic rings. The lowest BCUT2D eigenvalue weighted by Gasteiger charge is -2.33. The van der Waals surface area contributed by atoms with Crippen LogP contribution >= 0.6 is 0 Å². The average Bonchev–Trinajstić information content (AvgIpc) is 2.80. The van der Waals surface area contributed by atoms with Crippen LogP contribution in [-0.2, 0) is 13.5 Å². The highest BCUT2D eigenvalue weighted by molar-refractivity contribution is 5.95. The Bertz CT molecular complexity index is 439. The third kappa shape index (κ3) is 3.15. The molecule has 0 bridgehead atoms. The molecular weight excluding hydrogens is 240 g/mol. The van der Waals surface area contributed by atoms with Crippen molar-refractivity contribution in [1.82, 2.24) is 20.0 Å². The molecule has 1 fully saturated rings. The first-order chi connectivity index (χ1) is 9.15. The average molecular weight is 264 g/mol. The van der Waals surface area contributed by atoms with E-state index in [-0.39, 0.29) is 5.91 Å². The number of amides is 1. The van der Waals surface area contributed by atoms with Gasteiger partial charge in [-0.25, -0.2) is 0 Å². The Morgan fingerprint density at radius 3 is 3.00 bits per heavy atom. The van der Waals surface area contributed by atoms with Crippen molar-refractivity contribution >= 4 is 5.91 Å². The first-order valence-electron chi connectivity index (χ1n) is 7.20. The third-order valence-corrected chi connectivity index (χ3v) is 3.67. The van der Waals surface area contributed by atoms with Gasteiger partial charge in [-0.15, -0.1) is 0 Å². The minimum atomic E-state index is 0.132. The number of likely N-dealkylation sites (N-methyl/N-ethyl adjacent to an activating group) is 1. The lowest BCUT2D eigenvalue weighted by atomic mass is 10.0. The van der Waals surface area contributed by atoms with Gasteiger partial charge in [0.15, 0.2) is 0 Å². The van der Waals surface area contributed by atoms with Crippen molar-refractivity contribution in [3.8, 4) is 0 Å². The topological polar surface area (TPSA) is 50.2 Å². The Hall–Kier alpha value is -1.36. The van der Waals surface area contributed by atoms with Gasteiger partial charge in [0.2, 0.25) is 0 Å². The first-order valence-corrected chi connectivity index (χ1v) is 7.20. The summed E-state index contributed by atoms with van der Waals surface area (Å²) in [6, 6.07) is 0.435. The van der Waals surface area contributed by atoms with Crippen molar-refractivity contribution in [3.05, 3.63) is 17.5 Å². The second-order valence-electron chi connectivity index (χ2n) is 5.16. The lowest BCUT2D eigenvalue weighted by molar-refractivity contribution is 0.0694. The summed E-state index contributed by atoms with van der Waals surface area (Å²) in [5.41, 5.74) is 1.67. The standard InChI is InChI=1S/C14H24N4O/c1-4-13-12(10-17(3)16-13)14(19)18-8-6-7-11(9-18)15-5-2/h10-11,15H,4-9H2,1-3H3. The number of rotatable bonds is 4. The number of carbonyl (C=O) groups excluding carboxylic acids is 1. The first kappa shape index (κ1) is 14.1. The summed E-state index contributed by atoms with van der Waals surface area (Å²) < 4.78 is 1.73. The second kappa shape index (κ2) is 6.19. The largest absolute Gasteiger partial charge is 0.337 e. The van der Waals surface area contributed by atoms with Crippen LogP contribution in [0.25, 0.3) is 0 Å². The van der Waals surface area contributed by atoms with E-state index in [1.807, 2.05) is 25.1 Å². The highest BCUT2D eigenvalue weighted by atomic mass is 16.2. The van der Waals surface area contributed by atoms with E-state index in [4.69, 9.17) is 0 Å². The molecule has 106 valence electrons. The fraction of sp³-hybridized carbons (Fsp3) is 0.714. The summed E-state index contributed by atoms with van der Waals surface area (Å²) in [6.07, 6.45) is 4.88. The molecule has 1 atom stereocenters. The molecule has 1 unspecified atom stereocenters. The zero-order chi connectivity index (χ0) is 13.8. The van der Waals surface area contributed by atoms with Crippen LogP contribution in [-0.4, -0.2) is 46.3 Å². The van der Waals surface area contributed by atoms with Gasteiger partial charge in [0.25, 0.3) is 5.91 Å². The molecule has 1 N–H and O–H groups in total. The Labute approximate surface area is 115 Å². The number of carbonyl (C=O) groups is 1. The minimum absolute atomic E-state index is 0.132. The van der Waals surface area contributed by atoms with Crippen molar-refractivity contribution < 1.29 is 4.79 Å². The summed E-state index contributed by atoms with van der Waals surface area (Å²) in [5.74, 6) is 0.132. The van der Waals surface area contributed by atoms with E-state index < -0.39 is 0 Å². The van der Waals surface area contributed by atoms with Gasteiger partial charge in [0.1, 0.15) is 0 Å². The van der Waals surface area contributed by atoms with Gasteiger partial charge in [0.05, 0.1) is 11.3 Å². The predicted molar refractivity (Wildman–Crippen MR) is 75.2 cm³/mol. The van der Waals surface area contributed by atoms with Crippen molar-refractivity contribution in [2.75, 3.05) is 19.6 Å². The van der Waals surface area contributed by atoms with Crippen LogP contribution in [0.4, 0.5) is 0 Å². The molecule has 0 aromatic carbocycles. The van der Waals surface area contributed by atoms with Crippen LogP contribution in [0.5, 0.6) is 0 Å². The zero-order valence-electron chi connectivity index (χ0n) is 12.1. The Balaban J connectivity index is 2.10. The fourth-order valence-electron chi connectivity index (χ4n) is 2.76. The quantitative estimate of drug-likeness (QED) is 0.889. The number of hydrogen-bond donors (Lipinski definition) is 1. The van der Waals surface area contributed by atoms with E-state index >= 15 is 0 Å². The van der Waals surface area contributed by atoms with Crippen molar-refractivity contribution in [3.63, 3.8) is 0 Å². The maximum atomic E-state index is 12.6. The normalized spacial score (nSPS) is 19.7. The number of nitrogens with one attached hydrogen (secondary N) is 1. The van der Waals surface area contributed by atoms with E-state index in [2.05, 4.69) is 17.3 Å². The van der Waals surface area contributed by atoms with Gasteiger partial charge in [-0.1, -0.05) is 13.8 Å². The highest BCUT2D eigenvalue weighted by Crippen LogP contribution is 2.16. The molecule has 5 heteroatoms. The molecule has 2 heterocycles. The monoisotopic (exact) mass is 264 g/mol. The highest BCUT2D eigenvalue weighted by Gasteiger charge is 2.26. The molecule has 2 rings (SSSR count). The van der Waals surface area contributed by atoms with Gasteiger partial charge in [0, 0.05) is 32.4 Å². The Morgan fingerprint density at radius 2 is 2.32 bits per heavy atom. The molecule has 0 radical (unpaired) electrons. The molecular formula is C14H24N4O. The van der Waals surface area contributed by atoms with Crippen LogP contribution in [0, 0.1) is 0 Å². The second-order valence-corrected chi connectivity index (χ2v) is 5.16. The van der Waals surface area contributed by atoms with E-state index in [1.54, 1.807) is 4.68 Å². The molecule has 0 spiro atoms. The number of aryl methyl sites for hydroxylation is 2. The van der Waals surface area contributed by atoms with Gasteiger partial charge < -0.3 is 10.2 Å². The Kier molecular flexibility index (Phi) is 4.58. The molecule has 1 saturated heterocycles. The smallest absolute Gasteiger partial charge is 0.257 e. The van der Waals surface area contributed by atoms with Gasteiger partial charge in [-0.3, -0.25) is 9.48 Å². The predicted octanol–water partition coefficient (Wildman–Crippen LogP) is 1.20. The zero-order valence-corrected chi connectivity index (χ0v) is 12.1. The number of hydrogen-bond acceptors (Lipinski definition) is 3. The molecule has 1 aliphatic heterocycles. The van der Waals surface area contributed by atoms with Gasteiger partial charge in [-0.05, 0) is 25.8 Å². The number of piperidine rings is 1. The minimum Gasteiger partial charge on any atom is -0.337 e. The van der Waals surface area contributed by atoms with Crippen LogP contribution in [0.3, 0.4) is 0 Å². The van der Waals surface area contributed by atoms with Crippen LogP contribution in [0.15, 0.2) is 6.20 Å². The van der Waals surface area contributed by atoms with E-state index in [0.29, 0.717) is 6.04 Å². The third-order valence-electron chi connectivity index (χ3n) is 3.67. The number of aromatic nitrogens is 2. The van der Waals surface area contributed by atoms with E-state index in [9.17, 15) is 4.79 Å². The SMILES string of the molecule is CCNC1CCCN(C(=O)c2cn(C)nc2CC)C1. The van der Waals surface area contributed by atoms with Crippen molar-refractivity contribution in [1.29, 1.82) is 0 Å². The summed E-state index contributed by atoms with van der Waals surface area (Å²) in [4.78, 5) is 14.6. The maximum absolute atomic E-state index is 12.6. The molecule has 0 saturated carbocycles. The molecule has 19 heavy (non-hydrogen) atoms. The van der Waals surface area contributed by atoms with E-state index in [1.165, 1.54) is 0 Å². The molecule has 1 amide bonds. The summed E-state index contributed by atoms with van der Waals surface area (Å²) >= 11 is 0. The van der Waals surface area contributed by atoms with Crippen molar-refractivity contribution in [2.24, 2.45) is 7.05 Å². The molecule has 1 aromatic heterocycles. The van der Waals surface area contributed by atoms with Crippen molar-refractivity contribution in [2.45, 2.75) is 39.2 Å². The molecule has 1 aromatic rings. The van der Waals surface area contributed by atoms with E-state index in [0.717, 1.165) is 50.2 Å². The lowest BCUT2D eigenvalue weighted by Crippen LogP contribution is -2.48. The summed E-state index contributed by atoms with van der Waals surface area (Å²) in [6.45, 7) is 6.77. The van der Waals surface area contributed by atoms with Gasteiger partial charge >= 0.3 is 0 Å². The maximum Gasteiger partial charge on any atom is 0.257 e. The Morgan fingerprint density at radius 1 is 1.53 bits per heavy atom. The number of nitrogens with zero attached hydrogens (tertiary/aromatic N) is 3. The molecule has 5 nitrogen and oxygen atoms in total. The van der Waals surface area contributed by atoms with Crippen LogP contribution in [0.1, 0.15) is 42.7 Å². The summed E-state index contributed by atoms with van der Waals surface area (Å²) in [5, 5.41) is 7.79. The molecule has 0 aliphatic carbocycles. The van der Waals surface area contributed by atoms with Crippen LogP contribution in [0.2, 0.25) is 0 Å². The summed E-state index contributed by atoms with van der Waals surface area (Å²) in [7, 11) is 1.87.